The van der Waals surface area contributed by atoms with Crippen LogP contribution in [0.25, 0.3) is 0 Å². The molecule has 1 aromatic heterocycles. The molecule has 0 spiro atoms. The van der Waals surface area contributed by atoms with Crippen molar-refractivity contribution in [2.75, 3.05) is 19.6 Å². The van der Waals surface area contributed by atoms with Crippen molar-refractivity contribution in [2.24, 2.45) is 17.6 Å². The third-order valence-electron chi connectivity index (χ3n) is 3.44. The van der Waals surface area contributed by atoms with Crippen LogP contribution in [-0.4, -0.2) is 30.4 Å². The van der Waals surface area contributed by atoms with Gasteiger partial charge in [-0.2, -0.15) is 0 Å². The molecule has 1 aliphatic heterocycles. The van der Waals surface area contributed by atoms with E-state index in [2.05, 4.69) is 25.7 Å². The Morgan fingerprint density at radius 2 is 2.17 bits per heavy atom. The summed E-state index contributed by atoms with van der Waals surface area (Å²) in [5.74, 6) is 7.07. The fourth-order valence-electron chi connectivity index (χ4n) is 2.13. The van der Waals surface area contributed by atoms with Gasteiger partial charge in [-0.25, -0.2) is 0 Å². The number of nitrogens with two attached hydrogens (primary N) is 1. The average Bonchev–Trinajstić information content (AvgIpc) is 2.94. The normalized spacial score (nSPS) is 22.7. The third-order valence-corrected chi connectivity index (χ3v) is 4.28. The van der Waals surface area contributed by atoms with Crippen LogP contribution in [0.15, 0.2) is 11.4 Å². The highest BCUT2D eigenvalue weighted by Gasteiger charge is 2.30. The summed E-state index contributed by atoms with van der Waals surface area (Å²) in [6.07, 6.45) is 0. The van der Waals surface area contributed by atoms with Crippen molar-refractivity contribution in [3.8, 4) is 11.8 Å². The second-order valence-electron chi connectivity index (χ2n) is 4.87. The van der Waals surface area contributed by atoms with Crippen LogP contribution in [0.2, 0.25) is 0 Å². The average molecular weight is 262 g/mol. The summed E-state index contributed by atoms with van der Waals surface area (Å²) < 4.78 is 0. The van der Waals surface area contributed by atoms with E-state index in [1.54, 1.807) is 0 Å². The van der Waals surface area contributed by atoms with E-state index < -0.39 is 0 Å². The molecule has 0 saturated carbocycles. The molecule has 18 heavy (non-hydrogen) atoms. The molecule has 2 atom stereocenters. The van der Waals surface area contributed by atoms with Gasteiger partial charge in [-0.15, -0.1) is 11.3 Å². The number of hydrogen-bond donors (Lipinski definition) is 1. The minimum atomic E-state index is 0.128. The number of carbonyl (C=O) groups excluding carboxylic acids is 1. The maximum Gasteiger partial charge on any atom is 0.254 e. The number of thiophene rings is 1. The summed E-state index contributed by atoms with van der Waals surface area (Å²) in [7, 11) is 0. The van der Waals surface area contributed by atoms with Crippen LogP contribution in [0, 0.1) is 23.7 Å². The standard InChI is InChI=1S/C14H18N2OS/c1-10-7-16(8-11(10)2)14(17)12-6-13(18-9-12)4-3-5-15/h6,9-11H,5,7-8,15H2,1-2H3. The molecule has 0 aromatic carbocycles. The highest BCUT2D eigenvalue weighted by Crippen LogP contribution is 2.25. The quantitative estimate of drug-likeness (QED) is 0.784. The molecular formula is C14H18N2OS. The Labute approximate surface area is 112 Å². The Morgan fingerprint density at radius 1 is 1.50 bits per heavy atom. The summed E-state index contributed by atoms with van der Waals surface area (Å²) in [4.78, 5) is 15.1. The number of likely N-dealkylation sites (tertiary alicyclic amines) is 1. The molecule has 0 aliphatic carbocycles. The summed E-state index contributed by atoms with van der Waals surface area (Å²) in [5.41, 5.74) is 6.08. The summed E-state index contributed by atoms with van der Waals surface area (Å²) in [5, 5.41) is 1.89. The zero-order valence-electron chi connectivity index (χ0n) is 10.8. The second-order valence-corrected chi connectivity index (χ2v) is 5.78. The monoisotopic (exact) mass is 262 g/mol. The molecule has 96 valence electrons. The van der Waals surface area contributed by atoms with Gasteiger partial charge in [0.15, 0.2) is 0 Å². The minimum Gasteiger partial charge on any atom is -0.338 e. The Hall–Kier alpha value is -1.31. The van der Waals surface area contributed by atoms with Gasteiger partial charge in [-0.3, -0.25) is 4.79 Å². The summed E-state index contributed by atoms with van der Waals surface area (Å²) in [6.45, 7) is 6.47. The lowest BCUT2D eigenvalue weighted by atomic mass is 10.0. The van der Waals surface area contributed by atoms with Gasteiger partial charge in [0.05, 0.1) is 17.0 Å². The fourth-order valence-corrected chi connectivity index (χ4v) is 2.88. The van der Waals surface area contributed by atoms with Gasteiger partial charge in [0.1, 0.15) is 0 Å². The van der Waals surface area contributed by atoms with E-state index in [9.17, 15) is 4.79 Å². The number of amides is 1. The van der Waals surface area contributed by atoms with Crippen molar-refractivity contribution in [1.29, 1.82) is 0 Å². The van der Waals surface area contributed by atoms with Crippen molar-refractivity contribution < 1.29 is 4.79 Å². The van der Waals surface area contributed by atoms with Gasteiger partial charge >= 0.3 is 0 Å². The predicted molar refractivity (Wildman–Crippen MR) is 74.5 cm³/mol. The molecule has 2 rings (SSSR count). The first-order chi connectivity index (χ1) is 8.61. The second kappa shape index (κ2) is 5.55. The molecule has 2 N–H and O–H groups in total. The van der Waals surface area contributed by atoms with Crippen molar-refractivity contribution in [2.45, 2.75) is 13.8 Å². The van der Waals surface area contributed by atoms with Gasteiger partial charge in [0.2, 0.25) is 0 Å². The van der Waals surface area contributed by atoms with Gasteiger partial charge in [0, 0.05) is 18.5 Å². The first-order valence-corrected chi connectivity index (χ1v) is 7.06. The molecule has 1 aromatic rings. The molecule has 1 amide bonds. The van der Waals surface area contributed by atoms with Crippen molar-refractivity contribution in [1.82, 2.24) is 4.90 Å². The zero-order valence-corrected chi connectivity index (χ0v) is 11.6. The molecule has 2 unspecified atom stereocenters. The van der Waals surface area contributed by atoms with E-state index in [1.807, 2.05) is 16.3 Å². The molecule has 0 radical (unpaired) electrons. The van der Waals surface area contributed by atoms with Gasteiger partial charge < -0.3 is 10.6 Å². The van der Waals surface area contributed by atoms with Gasteiger partial charge in [0.25, 0.3) is 5.91 Å². The van der Waals surface area contributed by atoms with Crippen molar-refractivity contribution in [3.63, 3.8) is 0 Å². The Bertz CT molecular complexity index is 487. The molecule has 4 heteroatoms. The van der Waals surface area contributed by atoms with Crippen LogP contribution in [0.5, 0.6) is 0 Å². The van der Waals surface area contributed by atoms with Crippen molar-refractivity contribution >= 4 is 17.2 Å². The summed E-state index contributed by atoms with van der Waals surface area (Å²) >= 11 is 1.50. The van der Waals surface area contributed by atoms with E-state index >= 15 is 0 Å². The predicted octanol–water partition coefficient (Wildman–Crippen LogP) is 1.79. The third kappa shape index (κ3) is 2.74. The van der Waals surface area contributed by atoms with E-state index in [0.717, 1.165) is 23.5 Å². The van der Waals surface area contributed by atoms with Gasteiger partial charge in [-0.1, -0.05) is 25.7 Å². The molecule has 0 bridgehead atoms. The first-order valence-electron chi connectivity index (χ1n) is 6.18. The van der Waals surface area contributed by atoms with E-state index in [0.29, 0.717) is 18.4 Å². The Kier molecular flexibility index (Phi) is 4.05. The maximum absolute atomic E-state index is 12.3. The Balaban J connectivity index is 2.08. The van der Waals surface area contributed by atoms with Gasteiger partial charge in [-0.05, 0) is 17.9 Å². The molecule has 2 heterocycles. The minimum absolute atomic E-state index is 0.128. The first kappa shape index (κ1) is 13.1. The molecular weight excluding hydrogens is 244 g/mol. The molecule has 3 nitrogen and oxygen atoms in total. The Morgan fingerprint density at radius 3 is 2.78 bits per heavy atom. The summed E-state index contributed by atoms with van der Waals surface area (Å²) in [6, 6.07) is 1.86. The van der Waals surface area contributed by atoms with Crippen molar-refractivity contribution in [3.05, 3.63) is 21.9 Å². The van der Waals surface area contributed by atoms with E-state index in [4.69, 9.17) is 5.73 Å². The lowest BCUT2D eigenvalue weighted by Gasteiger charge is -2.14. The molecule has 1 saturated heterocycles. The zero-order chi connectivity index (χ0) is 13.1. The highest BCUT2D eigenvalue weighted by molar-refractivity contribution is 7.10. The molecule has 1 aliphatic rings. The number of rotatable bonds is 1. The SMILES string of the molecule is CC1CN(C(=O)c2csc(C#CCN)c2)CC1C. The highest BCUT2D eigenvalue weighted by atomic mass is 32.1. The molecule has 1 fully saturated rings. The van der Waals surface area contributed by atoms with E-state index in [1.165, 1.54) is 11.3 Å². The number of carbonyl (C=O) groups is 1. The lowest BCUT2D eigenvalue weighted by Crippen LogP contribution is -2.28. The largest absolute Gasteiger partial charge is 0.338 e. The number of nitrogens with zero attached hydrogens (tertiary/aromatic N) is 1. The van der Waals surface area contributed by atoms with Crippen LogP contribution in [0.4, 0.5) is 0 Å². The van der Waals surface area contributed by atoms with Crippen LogP contribution in [-0.2, 0) is 0 Å². The van der Waals surface area contributed by atoms with Crippen LogP contribution >= 0.6 is 11.3 Å². The topological polar surface area (TPSA) is 46.3 Å². The maximum atomic E-state index is 12.3. The van der Waals surface area contributed by atoms with Crippen LogP contribution < -0.4 is 5.73 Å². The fraction of sp³-hybridized carbons (Fsp3) is 0.500. The van der Waals surface area contributed by atoms with E-state index in [-0.39, 0.29) is 5.91 Å². The number of hydrogen-bond acceptors (Lipinski definition) is 3. The van der Waals surface area contributed by atoms with Crippen LogP contribution in [0.3, 0.4) is 0 Å². The lowest BCUT2D eigenvalue weighted by molar-refractivity contribution is 0.0785. The van der Waals surface area contributed by atoms with Crippen LogP contribution in [0.1, 0.15) is 29.1 Å². The smallest absolute Gasteiger partial charge is 0.254 e.